The minimum absolute atomic E-state index is 1.24. The summed E-state index contributed by atoms with van der Waals surface area (Å²) >= 11 is 0. The quantitative estimate of drug-likeness (QED) is 0.0348. The van der Waals surface area contributed by atoms with Crippen molar-refractivity contribution in [2.75, 3.05) is 19.6 Å². The van der Waals surface area contributed by atoms with Gasteiger partial charge in [-0.3, -0.25) is 0 Å². The molecule has 0 N–H and O–H groups in total. The van der Waals surface area contributed by atoms with E-state index < -0.39 is 0 Å². The minimum Gasteiger partial charge on any atom is -0.320 e. The molecule has 0 saturated carbocycles. The van der Waals surface area contributed by atoms with Gasteiger partial charge in [-0.25, -0.2) is 0 Å². The van der Waals surface area contributed by atoms with Crippen LogP contribution in [0.5, 0.6) is 0 Å². The number of rotatable bonds is 50. The third-order valence-corrected chi connectivity index (χ3v) is 13.8. The monoisotopic (exact) mass is 859 g/mol. The van der Waals surface area contributed by atoms with E-state index in [1.54, 1.807) is 5.56 Å². The summed E-state index contributed by atoms with van der Waals surface area (Å²) in [6, 6.07) is 11.6. The summed E-state index contributed by atoms with van der Waals surface area (Å²) in [5.41, 5.74) is 1.56. The normalized spacial score (nSPS) is 12.3. The van der Waals surface area contributed by atoms with Gasteiger partial charge in [0.05, 0.1) is 19.6 Å². The average Bonchev–Trinajstić information content (AvgIpc) is 3.29. The highest BCUT2D eigenvalue weighted by atomic mass is 15.3. The van der Waals surface area contributed by atoms with Crippen LogP contribution in [0.1, 0.15) is 296 Å². The molecule has 0 bridgehead atoms. The highest BCUT2D eigenvalue weighted by Gasteiger charge is 2.26. The maximum absolute atomic E-state index is 2.47. The SMILES string of the molecule is CCCCCCC/C=C/CCCCCCCCC[N+](CCCCCCCCC/C=C/CCCCCCC)(CCCCCCCCC/C=C/CCCCCCC)Cc1ccccc1. The molecule has 1 nitrogen and oxygen atoms in total. The minimum atomic E-state index is 1.24. The molecule has 1 rings (SSSR count). The molecule has 0 aliphatic rings. The van der Waals surface area contributed by atoms with E-state index in [-0.39, 0.29) is 0 Å². The Morgan fingerprint density at radius 2 is 0.500 bits per heavy atom. The van der Waals surface area contributed by atoms with E-state index in [1.165, 1.54) is 300 Å². The molecule has 0 radical (unpaired) electrons. The van der Waals surface area contributed by atoms with Crippen LogP contribution in [-0.2, 0) is 6.54 Å². The van der Waals surface area contributed by atoms with Gasteiger partial charge >= 0.3 is 0 Å². The van der Waals surface area contributed by atoms with E-state index in [9.17, 15) is 0 Å². The zero-order chi connectivity index (χ0) is 44.4. The first kappa shape index (κ1) is 58.4. The fourth-order valence-electron chi connectivity index (χ4n) is 9.63. The number of nitrogens with zero attached hydrogens (tertiary/aromatic N) is 1. The maximum atomic E-state index is 2.47. The van der Waals surface area contributed by atoms with Crippen molar-refractivity contribution in [3.05, 3.63) is 72.4 Å². The fourth-order valence-corrected chi connectivity index (χ4v) is 9.63. The van der Waals surface area contributed by atoms with E-state index in [2.05, 4.69) is 87.6 Å². The molecule has 62 heavy (non-hydrogen) atoms. The topological polar surface area (TPSA) is 0 Å². The van der Waals surface area contributed by atoms with E-state index in [4.69, 9.17) is 0 Å². The second-order valence-electron chi connectivity index (χ2n) is 20.0. The molecule has 0 amide bonds. The van der Waals surface area contributed by atoms with E-state index in [0.717, 1.165) is 0 Å². The lowest BCUT2D eigenvalue weighted by molar-refractivity contribution is -0.941. The Morgan fingerprint density at radius 3 is 0.758 bits per heavy atom. The molecule has 0 aromatic heterocycles. The van der Waals surface area contributed by atoms with Gasteiger partial charge in [-0.05, 0) is 116 Å². The Morgan fingerprint density at radius 1 is 0.274 bits per heavy atom. The van der Waals surface area contributed by atoms with Crippen LogP contribution < -0.4 is 0 Å². The van der Waals surface area contributed by atoms with Gasteiger partial charge in [0.1, 0.15) is 6.54 Å². The number of allylic oxidation sites excluding steroid dienone is 6. The molecule has 360 valence electrons. The van der Waals surface area contributed by atoms with Crippen molar-refractivity contribution in [1.82, 2.24) is 0 Å². The lowest BCUT2D eigenvalue weighted by Gasteiger charge is -2.39. The summed E-state index contributed by atoms with van der Waals surface area (Å²) in [5.74, 6) is 0. The highest BCUT2D eigenvalue weighted by Crippen LogP contribution is 2.23. The van der Waals surface area contributed by atoms with E-state index >= 15 is 0 Å². The third kappa shape index (κ3) is 41.1. The summed E-state index contributed by atoms with van der Waals surface area (Å²) in [6.07, 6.45) is 73.3. The first-order chi connectivity index (χ1) is 30.8. The van der Waals surface area contributed by atoms with Crippen molar-refractivity contribution < 1.29 is 4.48 Å². The molecule has 1 aromatic rings. The number of hydrogen-bond donors (Lipinski definition) is 0. The standard InChI is InChI=1S/C61H112N/c1-4-7-10-13-16-19-22-25-28-31-34-37-40-43-46-52-57-62(60-61-55-50-49-51-56-61,58-53-47-44-41-38-35-32-29-26-23-20-17-14-11-8-5-2)59-54-48-45-42-39-36-33-30-27-24-21-18-15-12-9-6-3/h22-27,49-51,55-56H,4-21,28-48,52-54,57-60H2,1-3H3/q+1/b25-22+,26-23+,27-24+. The van der Waals surface area contributed by atoms with Crippen molar-refractivity contribution in [3.8, 4) is 0 Å². The van der Waals surface area contributed by atoms with Crippen LogP contribution in [0.25, 0.3) is 0 Å². The first-order valence-electron chi connectivity index (χ1n) is 28.6. The second kappa shape index (κ2) is 48.8. The Labute approximate surface area is 391 Å². The van der Waals surface area contributed by atoms with Gasteiger partial charge in [0.15, 0.2) is 0 Å². The first-order valence-corrected chi connectivity index (χ1v) is 28.6. The molecule has 0 aliphatic carbocycles. The molecular formula is C61H112N+. The summed E-state index contributed by atoms with van der Waals surface area (Å²) < 4.78 is 1.34. The average molecular weight is 860 g/mol. The van der Waals surface area contributed by atoms with Crippen LogP contribution in [-0.4, -0.2) is 24.1 Å². The van der Waals surface area contributed by atoms with Crippen LogP contribution in [0.15, 0.2) is 66.8 Å². The van der Waals surface area contributed by atoms with Gasteiger partial charge in [0.2, 0.25) is 0 Å². The summed E-state index contributed by atoms with van der Waals surface area (Å²) in [6.45, 7) is 12.3. The zero-order valence-corrected chi connectivity index (χ0v) is 42.8. The van der Waals surface area contributed by atoms with Gasteiger partial charge in [-0.15, -0.1) is 0 Å². The number of quaternary nitrogens is 1. The molecular weight excluding hydrogens is 747 g/mol. The summed E-state index contributed by atoms with van der Waals surface area (Å²) in [5, 5.41) is 0. The lowest BCUT2D eigenvalue weighted by atomic mass is 10.0. The van der Waals surface area contributed by atoms with E-state index in [1.807, 2.05) is 0 Å². The molecule has 0 fully saturated rings. The Bertz CT molecular complexity index is 964. The van der Waals surface area contributed by atoms with Crippen molar-refractivity contribution >= 4 is 0 Å². The Balaban J connectivity index is 2.51. The van der Waals surface area contributed by atoms with Gasteiger partial charge in [0, 0.05) is 5.56 Å². The smallest absolute Gasteiger partial charge is 0.104 e. The van der Waals surface area contributed by atoms with Crippen LogP contribution in [0.4, 0.5) is 0 Å². The third-order valence-electron chi connectivity index (χ3n) is 13.8. The van der Waals surface area contributed by atoms with Gasteiger partial charge in [0.25, 0.3) is 0 Å². The lowest BCUT2D eigenvalue weighted by Crippen LogP contribution is -2.49. The Hall–Kier alpha value is -1.60. The van der Waals surface area contributed by atoms with Crippen molar-refractivity contribution in [2.45, 2.75) is 297 Å². The van der Waals surface area contributed by atoms with Gasteiger partial charge in [-0.1, -0.05) is 242 Å². The summed E-state index contributed by atoms with van der Waals surface area (Å²) in [7, 11) is 0. The molecule has 1 aromatic carbocycles. The molecule has 0 saturated heterocycles. The predicted octanol–water partition coefficient (Wildman–Crippen LogP) is 21.1. The second-order valence-corrected chi connectivity index (χ2v) is 20.0. The van der Waals surface area contributed by atoms with Crippen molar-refractivity contribution in [3.63, 3.8) is 0 Å². The van der Waals surface area contributed by atoms with Gasteiger partial charge < -0.3 is 4.48 Å². The molecule has 0 heterocycles. The Kier molecular flexibility index (Phi) is 46.0. The number of benzene rings is 1. The predicted molar refractivity (Wildman–Crippen MR) is 283 cm³/mol. The fraction of sp³-hybridized carbons (Fsp3) is 0.803. The van der Waals surface area contributed by atoms with Crippen LogP contribution in [0.3, 0.4) is 0 Å². The molecule has 0 aliphatic heterocycles. The largest absolute Gasteiger partial charge is 0.320 e. The van der Waals surface area contributed by atoms with Crippen molar-refractivity contribution in [2.24, 2.45) is 0 Å². The molecule has 0 spiro atoms. The molecule has 0 unspecified atom stereocenters. The highest BCUT2D eigenvalue weighted by molar-refractivity contribution is 5.13. The number of unbranched alkanes of at least 4 members (excludes halogenated alkanes) is 36. The van der Waals surface area contributed by atoms with Gasteiger partial charge in [-0.2, -0.15) is 0 Å². The zero-order valence-electron chi connectivity index (χ0n) is 42.8. The number of hydrogen-bond acceptors (Lipinski definition) is 0. The summed E-state index contributed by atoms with van der Waals surface area (Å²) in [4.78, 5) is 0. The molecule has 1 heteroatoms. The van der Waals surface area contributed by atoms with E-state index in [0.29, 0.717) is 0 Å². The van der Waals surface area contributed by atoms with Crippen LogP contribution in [0.2, 0.25) is 0 Å². The maximum Gasteiger partial charge on any atom is 0.104 e. The van der Waals surface area contributed by atoms with Crippen LogP contribution >= 0.6 is 0 Å². The van der Waals surface area contributed by atoms with Crippen molar-refractivity contribution in [1.29, 1.82) is 0 Å². The van der Waals surface area contributed by atoms with Crippen LogP contribution in [0, 0.1) is 0 Å². The molecule has 0 atom stereocenters.